The fourth-order valence-corrected chi connectivity index (χ4v) is 10.4. The molecule has 0 aliphatic heterocycles. The van der Waals surface area contributed by atoms with E-state index in [1.165, 1.54) is 12.8 Å². The van der Waals surface area contributed by atoms with Crippen LogP contribution < -0.4 is 15.5 Å². The molecule has 2 aliphatic carbocycles. The van der Waals surface area contributed by atoms with Crippen molar-refractivity contribution in [2.45, 2.75) is 129 Å². The highest BCUT2D eigenvalue weighted by Gasteiger charge is 2.31. The van der Waals surface area contributed by atoms with E-state index in [1.807, 2.05) is 25.1 Å². The first-order valence-electron chi connectivity index (χ1n) is 26.6. The van der Waals surface area contributed by atoms with Crippen molar-refractivity contribution in [2.75, 3.05) is 97.1 Å². The Labute approximate surface area is 436 Å². The second kappa shape index (κ2) is 36.0. The molecule has 0 radical (unpaired) electrons. The van der Waals surface area contributed by atoms with Gasteiger partial charge in [-0.3, -0.25) is 19.2 Å². The molecule has 1 heterocycles. The number of nitrogens with zero attached hydrogens (tertiary/aromatic N) is 5. The van der Waals surface area contributed by atoms with Crippen LogP contribution >= 0.6 is 11.3 Å². The van der Waals surface area contributed by atoms with Gasteiger partial charge in [0, 0.05) is 57.9 Å². The molecule has 2 aromatic rings. The molecule has 2 fully saturated rings. The first-order valence-corrected chi connectivity index (χ1v) is 27.4. The molecule has 404 valence electrons. The maximum absolute atomic E-state index is 12.6. The summed E-state index contributed by atoms with van der Waals surface area (Å²) >= 11 is 1.14. The Balaban J connectivity index is 1.13. The van der Waals surface area contributed by atoms with E-state index >= 15 is 0 Å². The van der Waals surface area contributed by atoms with E-state index in [9.17, 15) is 39.9 Å². The lowest BCUT2D eigenvalue weighted by Crippen LogP contribution is -2.33. The Bertz CT molecular complexity index is 2070. The van der Waals surface area contributed by atoms with Crippen molar-refractivity contribution in [1.29, 1.82) is 10.5 Å². The minimum absolute atomic E-state index is 0.0101. The van der Waals surface area contributed by atoms with Crippen molar-refractivity contribution in [1.82, 2.24) is 10.6 Å². The van der Waals surface area contributed by atoms with Crippen LogP contribution in [0.15, 0.2) is 28.4 Å². The largest absolute Gasteiger partial charge is 0.481 e. The third kappa shape index (κ3) is 23.4. The number of nitrogens with one attached hydrogen (secondary N) is 2. The van der Waals surface area contributed by atoms with Gasteiger partial charge in [0.2, 0.25) is 11.8 Å². The monoisotopic (exact) mass is 1040 g/mol. The molecule has 4 N–H and O–H groups in total. The first kappa shape index (κ1) is 60.5. The number of thiophene rings is 1. The molecule has 2 amide bonds. The number of azo groups is 1. The topological polar surface area (TPSA) is 254 Å². The molecule has 1 aromatic carbocycles. The minimum atomic E-state index is -0.883. The number of aliphatic carboxylic acids is 2. The lowest BCUT2D eigenvalue weighted by atomic mass is 9.80. The smallest absolute Gasteiger partial charge is 0.307 e. The SMILES string of the molecule is Cc1cc(N(CCOCCOCCCNC(=O)CC(C(=O)O)C2CCCCCCC2)CCOCCOCCOCCCNC(=O)CC(C(=O)O)C2CCCCCCC2)ccc1/N=N/c1sc(C#N)c(C)c1C#N. The second-order valence-electron chi connectivity index (χ2n) is 19.1. The third-order valence-electron chi connectivity index (χ3n) is 13.7. The Hall–Kier alpha value is -5.02. The van der Waals surface area contributed by atoms with E-state index in [1.54, 1.807) is 6.92 Å². The van der Waals surface area contributed by atoms with Crippen molar-refractivity contribution >= 4 is 51.5 Å². The van der Waals surface area contributed by atoms with Crippen molar-refractivity contribution < 1.29 is 53.1 Å². The van der Waals surface area contributed by atoms with Crippen LogP contribution in [0.4, 0.5) is 16.4 Å². The molecule has 2 atom stereocenters. The number of carbonyl (C=O) groups excluding carboxylic acids is 2. The number of benzene rings is 1. The number of rotatable bonds is 34. The zero-order valence-electron chi connectivity index (χ0n) is 43.4. The fraction of sp³-hybridized carbons (Fsp3) is 0.704. The number of aryl methyl sites for hydroxylation is 1. The molecule has 19 heteroatoms. The number of amides is 2. The predicted octanol–water partition coefficient (Wildman–Crippen LogP) is 9.33. The highest BCUT2D eigenvalue weighted by atomic mass is 32.1. The average Bonchev–Trinajstić information content (AvgIpc) is 3.66. The van der Waals surface area contributed by atoms with E-state index < -0.39 is 23.8 Å². The summed E-state index contributed by atoms with van der Waals surface area (Å²) in [6.45, 7) is 9.66. The van der Waals surface area contributed by atoms with Gasteiger partial charge in [0.15, 0.2) is 5.00 Å². The summed E-state index contributed by atoms with van der Waals surface area (Å²) < 4.78 is 29.0. The van der Waals surface area contributed by atoms with Crippen LogP contribution in [0, 0.1) is 60.2 Å². The van der Waals surface area contributed by atoms with Gasteiger partial charge in [-0.25, -0.2) is 0 Å². The summed E-state index contributed by atoms with van der Waals surface area (Å²) in [5, 5.41) is 53.6. The Morgan fingerprint density at radius 3 is 1.51 bits per heavy atom. The van der Waals surface area contributed by atoms with Gasteiger partial charge in [0.05, 0.1) is 75.9 Å². The number of carboxylic acids is 2. The summed E-state index contributed by atoms with van der Waals surface area (Å²) in [6, 6.07) is 10.1. The molecule has 1 aromatic heterocycles. The standard InChI is InChI=1S/C54H81N7O11S/c1-40-35-44(19-20-48(40)59-60-52-47(38-55)41(2)49(39-56)73-52)61(23-27-70-31-29-68-25-13-21-57-50(62)36-45(53(64)65)42-15-9-5-3-6-10-16-42)24-28-71-32-34-72-33-30-69-26-14-22-58-51(63)37-46(54(66)67)43-17-11-7-4-8-12-18-43/h19-20,35,42-43,45-46H,3-18,21-34,36-37H2,1-2H3,(H,57,62)(H,58,63)(H,64,65)(H,66,67)/b60-59+. The molecular weight excluding hydrogens is 955 g/mol. The van der Waals surface area contributed by atoms with E-state index in [4.69, 9.17) is 23.7 Å². The lowest BCUT2D eigenvalue weighted by Gasteiger charge is -2.25. The minimum Gasteiger partial charge on any atom is -0.481 e. The molecule has 2 saturated carbocycles. The fourth-order valence-electron chi connectivity index (χ4n) is 9.48. The van der Waals surface area contributed by atoms with E-state index in [-0.39, 0.29) is 36.5 Å². The maximum Gasteiger partial charge on any atom is 0.307 e. The number of ether oxygens (including phenoxy) is 5. The number of anilines is 1. The van der Waals surface area contributed by atoms with Crippen LogP contribution in [-0.4, -0.2) is 126 Å². The molecule has 2 aliphatic rings. The zero-order valence-corrected chi connectivity index (χ0v) is 44.2. The molecule has 0 bridgehead atoms. The molecule has 4 rings (SSSR count). The van der Waals surface area contributed by atoms with Crippen molar-refractivity contribution in [3.8, 4) is 12.1 Å². The molecule has 2 unspecified atom stereocenters. The Morgan fingerprint density at radius 2 is 1.08 bits per heavy atom. The molecule has 0 saturated heterocycles. The highest BCUT2D eigenvalue weighted by Crippen LogP contribution is 2.37. The Morgan fingerprint density at radius 1 is 0.644 bits per heavy atom. The number of hydrogen-bond acceptors (Lipinski definition) is 15. The number of carboxylic acid groups (broad SMARTS) is 2. The van der Waals surface area contributed by atoms with Crippen LogP contribution in [0.5, 0.6) is 0 Å². The van der Waals surface area contributed by atoms with Crippen molar-refractivity contribution in [3.05, 3.63) is 39.8 Å². The molecule has 73 heavy (non-hydrogen) atoms. The van der Waals surface area contributed by atoms with Gasteiger partial charge >= 0.3 is 11.9 Å². The average molecular weight is 1040 g/mol. The molecule has 18 nitrogen and oxygen atoms in total. The van der Waals surface area contributed by atoms with Crippen LogP contribution in [0.2, 0.25) is 0 Å². The number of hydrogen-bond donors (Lipinski definition) is 4. The van der Waals surface area contributed by atoms with Gasteiger partial charge < -0.3 is 49.4 Å². The van der Waals surface area contributed by atoms with Crippen LogP contribution in [-0.2, 0) is 42.9 Å². The first-order chi connectivity index (χ1) is 35.5. The Kier molecular flexibility index (Phi) is 29.9. The predicted molar refractivity (Wildman–Crippen MR) is 279 cm³/mol. The molecular formula is C54H81N7O11S. The van der Waals surface area contributed by atoms with Gasteiger partial charge in [-0.15, -0.1) is 21.6 Å². The van der Waals surface area contributed by atoms with Crippen LogP contribution in [0.1, 0.15) is 137 Å². The zero-order chi connectivity index (χ0) is 52.5. The van der Waals surface area contributed by atoms with E-state index in [0.29, 0.717) is 132 Å². The summed E-state index contributed by atoms with van der Waals surface area (Å²) in [6.07, 6.45) is 15.7. The number of carbonyl (C=O) groups is 4. The third-order valence-corrected chi connectivity index (χ3v) is 14.8. The maximum atomic E-state index is 12.6. The van der Waals surface area contributed by atoms with E-state index in [2.05, 4.69) is 37.9 Å². The highest BCUT2D eigenvalue weighted by molar-refractivity contribution is 7.16. The lowest BCUT2D eigenvalue weighted by molar-refractivity contribution is -0.147. The van der Waals surface area contributed by atoms with Crippen molar-refractivity contribution in [2.24, 2.45) is 33.9 Å². The van der Waals surface area contributed by atoms with Crippen molar-refractivity contribution in [3.63, 3.8) is 0 Å². The second-order valence-corrected chi connectivity index (χ2v) is 20.1. The van der Waals surface area contributed by atoms with Crippen LogP contribution in [0.25, 0.3) is 0 Å². The van der Waals surface area contributed by atoms with Crippen LogP contribution in [0.3, 0.4) is 0 Å². The van der Waals surface area contributed by atoms with Gasteiger partial charge in [-0.05, 0) is 93.5 Å². The van der Waals surface area contributed by atoms with Gasteiger partial charge in [0.25, 0.3) is 0 Å². The summed E-state index contributed by atoms with van der Waals surface area (Å²) in [5.74, 6) is -3.39. The number of nitriles is 2. The normalized spacial score (nSPS) is 15.8. The van der Waals surface area contributed by atoms with Gasteiger partial charge in [-0.2, -0.15) is 10.5 Å². The summed E-state index contributed by atoms with van der Waals surface area (Å²) in [5.41, 5.74) is 3.38. The molecule has 0 spiro atoms. The quantitative estimate of drug-likeness (QED) is 0.0376. The van der Waals surface area contributed by atoms with Gasteiger partial charge in [0.1, 0.15) is 17.0 Å². The van der Waals surface area contributed by atoms with E-state index in [0.717, 1.165) is 99.6 Å². The summed E-state index contributed by atoms with van der Waals surface area (Å²) in [7, 11) is 0. The van der Waals surface area contributed by atoms with Gasteiger partial charge in [-0.1, -0.05) is 64.2 Å². The summed E-state index contributed by atoms with van der Waals surface area (Å²) in [4.78, 5) is 51.8.